The summed E-state index contributed by atoms with van der Waals surface area (Å²) in [5.74, 6) is -0.967. The Bertz CT molecular complexity index is 814. The number of ether oxygens (including phenoxy) is 4. The summed E-state index contributed by atoms with van der Waals surface area (Å²) in [7, 11) is 2.42. The second-order valence-corrected chi connectivity index (χ2v) is 7.65. The van der Waals surface area contributed by atoms with Gasteiger partial charge >= 0.3 is 18.0 Å². The van der Waals surface area contributed by atoms with Gasteiger partial charge in [-0.15, -0.1) is 0 Å². The number of carbonyl (C=O) groups excluding carboxylic acids is 3. The van der Waals surface area contributed by atoms with Crippen LogP contribution in [0.3, 0.4) is 0 Å². The number of esters is 2. The van der Waals surface area contributed by atoms with Crippen LogP contribution in [0.1, 0.15) is 27.2 Å². The van der Waals surface area contributed by atoms with E-state index in [1.54, 1.807) is 29.2 Å². The summed E-state index contributed by atoms with van der Waals surface area (Å²) in [5, 5.41) is 2.86. The van der Waals surface area contributed by atoms with Gasteiger partial charge in [-0.1, -0.05) is 12.1 Å². The molecule has 1 aromatic rings. The third-order valence-corrected chi connectivity index (χ3v) is 4.12. The van der Waals surface area contributed by atoms with E-state index in [4.69, 9.17) is 14.2 Å². The summed E-state index contributed by atoms with van der Waals surface area (Å²) in [6.45, 7) is 6.35. The zero-order chi connectivity index (χ0) is 22.3. The molecule has 9 nitrogen and oxygen atoms in total. The average Bonchev–Trinajstić information content (AvgIpc) is 3.15. The molecule has 1 N–H and O–H groups in total. The molecule has 1 unspecified atom stereocenters. The van der Waals surface area contributed by atoms with Gasteiger partial charge in [0.15, 0.2) is 0 Å². The molecule has 0 bridgehead atoms. The molecule has 1 fully saturated rings. The molecule has 1 aliphatic heterocycles. The summed E-state index contributed by atoms with van der Waals surface area (Å²) in [6, 6.07) is 6.96. The quantitative estimate of drug-likeness (QED) is 0.426. The van der Waals surface area contributed by atoms with Crippen molar-refractivity contribution in [1.29, 1.82) is 0 Å². The van der Waals surface area contributed by atoms with Crippen molar-refractivity contribution in [2.75, 3.05) is 32.6 Å². The molecule has 1 heterocycles. The molecule has 30 heavy (non-hydrogen) atoms. The molecule has 9 heteroatoms. The summed E-state index contributed by atoms with van der Waals surface area (Å²) >= 11 is 0. The SMILES string of the molecule is COC(=O)/C=C(/Nc1ccccc1OC1CCN(C(=O)OC(C)(C)C)C1)C(=O)OC. The van der Waals surface area contributed by atoms with Crippen molar-refractivity contribution in [2.45, 2.75) is 38.9 Å². The smallest absolute Gasteiger partial charge is 0.410 e. The van der Waals surface area contributed by atoms with Crippen LogP contribution in [0.5, 0.6) is 5.75 Å². The minimum atomic E-state index is -0.729. The monoisotopic (exact) mass is 420 g/mol. The highest BCUT2D eigenvalue weighted by molar-refractivity contribution is 5.99. The van der Waals surface area contributed by atoms with Gasteiger partial charge in [0, 0.05) is 13.0 Å². The highest BCUT2D eigenvalue weighted by Crippen LogP contribution is 2.28. The number of nitrogens with one attached hydrogen (secondary N) is 1. The molecule has 1 aromatic carbocycles. The average molecular weight is 420 g/mol. The Hall–Kier alpha value is -3.23. The van der Waals surface area contributed by atoms with Crippen LogP contribution in [0.4, 0.5) is 10.5 Å². The number of likely N-dealkylation sites (tertiary alicyclic amines) is 1. The Morgan fingerprint density at radius 3 is 2.47 bits per heavy atom. The van der Waals surface area contributed by atoms with Crippen molar-refractivity contribution in [3.8, 4) is 5.75 Å². The van der Waals surface area contributed by atoms with E-state index in [1.807, 2.05) is 20.8 Å². The van der Waals surface area contributed by atoms with Crippen LogP contribution in [0.15, 0.2) is 36.0 Å². The summed E-state index contributed by atoms with van der Waals surface area (Å²) in [6.07, 6.45) is 1.01. The fourth-order valence-electron chi connectivity index (χ4n) is 2.75. The maximum Gasteiger partial charge on any atom is 0.410 e. The van der Waals surface area contributed by atoms with Gasteiger partial charge in [0.05, 0.1) is 32.5 Å². The first-order valence-electron chi connectivity index (χ1n) is 9.51. The normalized spacial score (nSPS) is 16.6. The summed E-state index contributed by atoms with van der Waals surface area (Å²) in [5.41, 5.74) is -0.195. The molecule has 0 aliphatic carbocycles. The highest BCUT2D eigenvalue weighted by atomic mass is 16.6. The molecular weight excluding hydrogens is 392 g/mol. The Labute approximate surface area is 175 Å². The first-order valence-corrected chi connectivity index (χ1v) is 9.51. The molecule has 0 saturated carbocycles. The Morgan fingerprint density at radius 2 is 1.83 bits per heavy atom. The Morgan fingerprint density at radius 1 is 1.13 bits per heavy atom. The molecule has 0 spiro atoms. The second-order valence-electron chi connectivity index (χ2n) is 7.65. The number of rotatable bonds is 6. The van der Waals surface area contributed by atoms with Crippen LogP contribution < -0.4 is 10.1 Å². The van der Waals surface area contributed by atoms with Gasteiger partial charge in [-0.25, -0.2) is 14.4 Å². The number of benzene rings is 1. The van der Waals surface area contributed by atoms with E-state index < -0.39 is 17.5 Å². The van der Waals surface area contributed by atoms with E-state index in [1.165, 1.54) is 14.2 Å². The number of anilines is 1. The number of methoxy groups -OCH3 is 2. The maximum atomic E-state index is 12.2. The standard InChI is InChI=1S/C21H28N2O7/c1-21(2,3)30-20(26)23-11-10-14(13-23)29-17-9-7-6-8-15(17)22-16(19(25)28-5)12-18(24)27-4/h6-9,12,14,22H,10-11,13H2,1-5H3/b16-12+. The van der Waals surface area contributed by atoms with Gasteiger partial charge in [-0.05, 0) is 32.9 Å². The van der Waals surface area contributed by atoms with Crippen molar-refractivity contribution in [3.05, 3.63) is 36.0 Å². The molecule has 1 amide bonds. The zero-order valence-corrected chi connectivity index (χ0v) is 17.9. The lowest BCUT2D eigenvalue weighted by Gasteiger charge is -2.24. The minimum absolute atomic E-state index is 0.0952. The van der Waals surface area contributed by atoms with Crippen molar-refractivity contribution in [1.82, 2.24) is 4.90 Å². The van der Waals surface area contributed by atoms with Crippen molar-refractivity contribution in [2.24, 2.45) is 0 Å². The first kappa shape index (κ1) is 23.1. The zero-order valence-electron chi connectivity index (χ0n) is 17.9. The summed E-state index contributed by atoms with van der Waals surface area (Å²) in [4.78, 5) is 37.4. The van der Waals surface area contributed by atoms with Crippen LogP contribution in [-0.4, -0.2) is 61.9 Å². The third kappa shape index (κ3) is 6.68. The summed E-state index contributed by atoms with van der Waals surface area (Å²) < 4.78 is 20.7. The third-order valence-electron chi connectivity index (χ3n) is 4.12. The molecule has 1 aliphatic rings. The molecule has 1 saturated heterocycles. The van der Waals surface area contributed by atoms with Gasteiger partial charge < -0.3 is 29.2 Å². The maximum absolute atomic E-state index is 12.2. The van der Waals surface area contributed by atoms with Crippen molar-refractivity contribution in [3.63, 3.8) is 0 Å². The minimum Gasteiger partial charge on any atom is -0.486 e. The number of amides is 1. The Kier molecular flexibility index (Phi) is 7.68. The first-order chi connectivity index (χ1) is 14.1. The molecule has 1 atom stereocenters. The molecule has 0 aromatic heterocycles. The van der Waals surface area contributed by atoms with E-state index in [9.17, 15) is 14.4 Å². The van der Waals surface area contributed by atoms with Crippen LogP contribution in [0, 0.1) is 0 Å². The van der Waals surface area contributed by atoms with E-state index in [0.29, 0.717) is 30.9 Å². The molecule has 0 radical (unpaired) electrons. The van der Waals surface area contributed by atoms with Crippen LogP contribution >= 0.6 is 0 Å². The highest BCUT2D eigenvalue weighted by Gasteiger charge is 2.31. The Balaban J connectivity index is 2.10. The van der Waals surface area contributed by atoms with E-state index >= 15 is 0 Å². The lowest BCUT2D eigenvalue weighted by Crippen LogP contribution is -2.36. The fourth-order valence-corrected chi connectivity index (χ4v) is 2.75. The van der Waals surface area contributed by atoms with Crippen LogP contribution in [-0.2, 0) is 23.8 Å². The topological polar surface area (TPSA) is 103 Å². The van der Waals surface area contributed by atoms with Gasteiger partial charge in [0.1, 0.15) is 23.2 Å². The van der Waals surface area contributed by atoms with Crippen molar-refractivity contribution < 1.29 is 33.3 Å². The van der Waals surface area contributed by atoms with E-state index in [0.717, 1.165) is 6.08 Å². The molecular formula is C21H28N2O7. The van der Waals surface area contributed by atoms with Crippen LogP contribution in [0.2, 0.25) is 0 Å². The van der Waals surface area contributed by atoms with E-state index in [-0.39, 0.29) is 17.9 Å². The lowest BCUT2D eigenvalue weighted by atomic mass is 10.2. The predicted octanol–water partition coefficient (Wildman–Crippen LogP) is 2.72. The van der Waals surface area contributed by atoms with Gasteiger partial charge in [-0.3, -0.25) is 0 Å². The van der Waals surface area contributed by atoms with Gasteiger partial charge in [-0.2, -0.15) is 0 Å². The number of carbonyl (C=O) groups is 3. The van der Waals surface area contributed by atoms with Crippen molar-refractivity contribution >= 4 is 23.7 Å². The fraction of sp³-hybridized carbons (Fsp3) is 0.476. The number of hydrogen-bond donors (Lipinski definition) is 1. The molecule has 2 rings (SSSR count). The van der Waals surface area contributed by atoms with Gasteiger partial charge in [0.2, 0.25) is 0 Å². The lowest BCUT2D eigenvalue weighted by molar-refractivity contribution is -0.138. The van der Waals surface area contributed by atoms with E-state index in [2.05, 4.69) is 10.1 Å². The predicted molar refractivity (Wildman–Crippen MR) is 109 cm³/mol. The molecule has 164 valence electrons. The van der Waals surface area contributed by atoms with Gasteiger partial charge in [0.25, 0.3) is 0 Å². The van der Waals surface area contributed by atoms with Crippen LogP contribution in [0.25, 0.3) is 0 Å². The number of nitrogens with zero attached hydrogens (tertiary/aromatic N) is 1. The number of para-hydroxylation sites is 2. The second kappa shape index (κ2) is 10.00. The largest absolute Gasteiger partial charge is 0.486 e. The number of hydrogen-bond acceptors (Lipinski definition) is 8.